The number of hydrogen-bond acceptors (Lipinski definition) is 5. The average Bonchev–Trinajstić information content (AvgIpc) is 2.61. The molecule has 0 heterocycles. The number of ether oxygens (including phenoxy) is 1. The maximum Gasteiger partial charge on any atom is 0.338 e. The summed E-state index contributed by atoms with van der Waals surface area (Å²) in [6, 6.07) is 6.58. The van der Waals surface area contributed by atoms with Gasteiger partial charge in [-0.1, -0.05) is 13.8 Å². The number of aliphatic imine (C=N–C) groups is 1. The fourth-order valence-corrected chi connectivity index (χ4v) is 3.18. The van der Waals surface area contributed by atoms with E-state index in [1.54, 1.807) is 31.2 Å². The number of hydrogen-bond donors (Lipinski definition) is 0. The van der Waals surface area contributed by atoms with Crippen molar-refractivity contribution in [1.82, 2.24) is 0 Å². The van der Waals surface area contributed by atoms with Crippen LogP contribution in [0.3, 0.4) is 0 Å². The van der Waals surface area contributed by atoms with E-state index < -0.39 is 5.92 Å². The van der Waals surface area contributed by atoms with Gasteiger partial charge < -0.3 is 4.74 Å². The van der Waals surface area contributed by atoms with Crippen LogP contribution in [0.15, 0.2) is 29.3 Å². The van der Waals surface area contributed by atoms with Crippen molar-refractivity contribution < 1.29 is 19.1 Å². The first-order valence-corrected chi connectivity index (χ1v) is 8.81. The molecule has 1 aromatic rings. The van der Waals surface area contributed by atoms with E-state index in [9.17, 15) is 14.4 Å². The van der Waals surface area contributed by atoms with Gasteiger partial charge in [0.1, 0.15) is 17.5 Å². The molecule has 0 atom stereocenters. The van der Waals surface area contributed by atoms with Crippen LogP contribution >= 0.6 is 0 Å². The van der Waals surface area contributed by atoms with Gasteiger partial charge in [0.05, 0.1) is 17.9 Å². The Morgan fingerprint density at radius 2 is 1.68 bits per heavy atom. The zero-order chi connectivity index (χ0) is 18.4. The van der Waals surface area contributed by atoms with Crippen LogP contribution in [-0.2, 0) is 14.3 Å². The molecule has 0 unspecified atom stereocenters. The smallest absolute Gasteiger partial charge is 0.338 e. The van der Waals surface area contributed by atoms with Gasteiger partial charge in [-0.05, 0) is 49.4 Å². The zero-order valence-electron chi connectivity index (χ0n) is 15.1. The van der Waals surface area contributed by atoms with Crippen molar-refractivity contribution in [3.05, 3.63) is 29.8 Å². The predicted octanol–water partition coefficient (Wildman–Crippen LogP) is 3.92. The van der Waals surface area contributed by atoms with Crippen LogP contribution in [0.1, 0.15) is 56.8 Å². The second kappa shape index (κ2) is 8.19. The molecule has 1 aliphatic carbocycles. The molecule has 1 fully saturated rings. The minimum Gasteiger partial charge on any atom is -0.462 e. The maximum atomic E-state index is 12.4. The summed E-state index contributed by atoms with van der Waals surface area (Å²) in [6.45, 7) is 6.13. The highest BCUT2D eigenvalue weighted by molar-refractivity contribution is 6.16. The van der Waals surface area contributed by atoms with Crippen molar-refractivity contribution in [3.8, 4) is 0 Å². The summed E-state index contributed by atoms with van der Waals surface area (Å²) in [5, 5.41) is 0. The Labute approximate surface area is 148 Å². The zero-order valence-corrected chi connectivity index (χ0v) is 15.1. The standard InChI is InChI=1S/C20H25NO4/c1-4-20(5-2)11-17(22)16(18(23)12-20)13-21-15-9-7-14(8-10-15)19(24)25-6-3/h7-10,13,16H,4-6,11-12H2,1-3H3. The van der Waals surface area contributed by atoms with Gasteiger partial charge in [-0.15, -0.1) is 0 Å². The van der Waals surface area contributed by atoms with Gasteiger partial charge in [0.25, 0.3) is 0 Å². The molecule has 2 rings (SSSR count). The largest absolute Gasteiger partial charge is 0.462 e. The Morgan fingerprint density at radius 1 is 1.12 bits per heavy atom. The number of Topliss-reactive ketones (excluding diaryl/α,β-unsaturated/α-hetero) is 2. The second-order valence-electron chi connectivity index (χ2n) is 6.52. The Bertz CT molecular complexity index is 651. The monoisotopic (exact) mass is 343 g/mol. The van der Waals surface area contributed by atoms with E-state index in [1.807, 2.05) is 13.8 Å². The molecule has 0 aromatic heterocycles. The summed E-state index contributed by atoms with van der Waals surface area (Å²) in [7, 11) is 0. The Morgan fingerprint density at radius 3 is 2.16 bits per heavy atom. The van der Waals surface area contributed by atoms with Crippen molar-refractivity contribution in [3.63, 3.8) is 0 Å². The molecule has 134 valence electrons. The van der Waals surface area contributed by atoms with E-state index in [0.717, 1.165) is 12.8 Å². The fourth-order valence-electron chi connectivity index (χ4n) is 3.18. The number of nitrogens with zero attached hydrogens (tertiary/aromatic N) is 1. The van der Waals surface area contributed by atoms with Crippen molar-refractivity contribution in [1.29, 1.82) is 0 Å². The molecular formula is C20H25NO4. The lowest BCUT2D eigenvalue weighted by molar-refractivity contribution is -0.137. The van der Waals surface area contributed by atoms with Crippen LogP contribution in [0.2, 0.25) is 0 Å². The third kappa shape index (κ3) is 4.41. The number of carbonyl (C=O) groups is 3. The van der Waals surface area contributed by atoms with Crippen molar-refractivity contribution in [2.24, 2.45) is 16.3 Å². The third-order valence-corrected chi connectivity index (χ3v) is 5.04. The second-order valence-corrected chi connectivity index (χ2v) is 6.52. The molecule has 0 spiro atoms. The summed E-state index contributed by atoms with van der Waals surface area (Å²) >= 11 is 0. The highest BCUT2D eigenvalue weighted by Gasteiger charge is 2.42. The van der Waals surface area contributed by atoms with Gasteiger partial charge >= 0.3 is 5.97 Å². The van der Waals surface area contributed by atoms with Crippen LogP contribution in [0.4, 0.5) is 5.69 Å². The highest BCUT2D eigenvalue weighted by Crippen LogP contribution is 2.40. The molecule has 0 N–H and O–H groups in total. The molecular weight excluding hydrogens is 318 g/mol. The van der Waals surface area contributed by atoms with E-state index in [1.165, 1.54) is 6.21 Å². The fraction of sp³-hybridized carbons (Fsp3) is 0.500. The van der Waals surface area contributed by atoms with E-state index in [-0.39, 0.29) is 23.0 Å². The summed E-state index contributed by atoms with van der Waals surface area (Å²) in [6.07, 6.45) is 3.98. The first kappa shape index (κ1) is 19.0. The quantitative estimate of drug-likeness (QED) is 0.446. The van der Waals surface area contributed by atoms with E-state index >= 15 is 0 Å². The average molecular weight is 343 g/mol. The summed E-state index contributed by atoms with van der Waals surface area (Å²) in [4.78, 5) is 40.7. The molecule has 0 amide bonds. The molecule has 5 nitrogen and oxygen atoms in total. The lowest BCUT2D eigenvalue weighted by Gasteiger charge is -2.36. The van der Waals surface area contributed by atoms with Crippen LogP contribution < -0.4 is 0 Å². The molecule has 0 saturated heterocycles. The number of carbonyl (C=O) groups excluding carboxylic acids is 3. The predicted molar refractivity (Wildman–Crippen MR) is 96.3 cm³/mol. The van der Waals surface area contributed by atoms with Gasteiger partial charge in [0.2, 0.25) is 0 Å². The first-order valence-electron chi connectivity index (χ1n) is 8.81. The van der Waals surface area contributed by atoms with Crippen molar-refractivity contribution in [2.45, 2.75) is 46.5 Å². The normalized spacial score (nSPS) is 17.9. The molecule has 1 aromatic carbocycles. The maximum absolute atomic E-state index is 12.4. The molecule has 0 aliphatic heterocycles. The lowest BCUT2D eigenvalue weighted by atomic mass is 9.66. The topological polar surface area (TPSA) is 72.8 Å². The van der Waals surface area contributed by atoms with Crippen molar-refractivity contribution >= 4 is 29.4 Å². The Hall–Kier alpha value is -2.30. The molecule has 5 heteroatoms. The Balaban J connectivity index is 2.08. The summed E-state index contributed by atoms with van der Waals surface area (Å²) < 4.78 is 4.93. The minimum atomic E-state index is -0.754. The molecule has 1 saturated carbocycles. The molecule has 1 aliphatic rings. The van der Waals surface area contributed by atoms with E-state index in [4.69, 9.17) is 4.74 Å². The third-order valence-electron chi connectivity index (χ3n) is 5.04. The van der Waals surface area contributed by atoms with Crippen molar-refractivity contribution in [2.75, 3.05) is 6.61 Å². The Kier molecular flexibility index (Phi) is 6.23. The van der Waals surface area contributed by atoms with Gasteiger partial charge in [-0.25, -0.2) is 4.79 Å². The molecule has 0 radical (unpaired) electrons. The van der Waals surface area contributed by atoms with Gasteiger partial charge in [-0.2, -0.15) is 0 Å². The van der Waals surface area contributed by atoms with Gasteiger partial charge in [0.15, 0.2) is 0 Å². The lowest BCUT2D eigenvalue weighted by Crippen LogP contribution is -2.40. The first-order chi connectivity index (χ1) is 11.9. The van der Waals surface area contributed by atoms with E-state index in [0.29, 0.717) is 30.7 Å². The minimum absolute atomic E-state index is 0.0492. The summed E-state index contributed by atoms with van der Waals surface area (Å²) in [5.41, 5.74) is 0.859. The van der Waals surface area contributed by atoms with Crippen LogP contribution in [0.5, 0.6) is 0 Å². The SMILES string of the molecule is CCOC(=O)c1ccc(N=CC2C(=O)CC(CC)(CC)CC2=O)cc1. The van der Waals surface area contributed by atoms with Crippen LogP contribution in [0.25, 0.3) is 0 Å². The highest BCUT2D eigenvalue weighted by atomic mass is 16.5. The molecule has 25 heavy (non-hydrogen) atoms. The number of esters is 1. The number of rotatable bonds is 6. The number of ketones is 2. The van der Waals surface area contributed by atoms with E-state index in [2.05, 4.69) is 4.99 Å². The van der Waals surface area contributed by atoms with Crippen LogP contribution in [-0.4, -0.2) is 30.4 Å². The van der Waals surface area contributed by atoms with Gasteiger partial charge in [-0.3, -0.25) is 14.6 Å². The van der Waals surface area contributed by atoms with Gasteiger partial charge in [0, 0.05) is 19.1 Å². The number of benzene rings is 1. The van der Waals surface area contributed by atoms with Crippen LogP contribution in [0, 0.1) is 11.3 Å². The molecule has 0 bridgehead atoms. The summed E-state index contributed by atoms with van der Waals surface area (Å²) in [5.74, 6) is -1.24.